The third-order valence-corrected chi connectivity index (χ3v) is 2.92. The van der Waals surface area contributed by atoms with Gasteiger partial charge in [0.2, 0.25) is 0 Å². The molecule has 0 unspecified atom stereocenters. The molecule has 5 nitrogen and oxygen atoms in total. The van der Waals surface area contributed by atoms with Crippen LogP contribution < -0.4 is 0 Å². The summed E-state index contributed by atoms with van der Waals surface area (Å²) >= 11 is 3.23. The first-order chi connectivity index (χ1) is 8.47. The quantitative estimate of drug-likeness (QED) is 0.476. The number of carbonyl (C=O) groups is 1. The Hall–Kier alpha value is -1.50. The molecule has 0 atom stereocenters. The van der Waals surface area contributed by atoms with E-state index in [2.05, 4.69) is 15.9 Å². The predicted molar refractivity (Wildman–Crippen MR) is 68.4 cm³/mol. The van der Waals surface area contributed by atoms with Crippen molar-refractivity contribution in [1.82, 2.24) is 4.90 Å². The summed E-state index contributed by atoms with van der Waals surface area (Å²) in [5, 5.41) is 11.5. The van der Waals surface area contributed by atoms with Crippen LogP contribution in [0.25, 0.3) is 0 Å². The average molecular weight is 319 g/mol. The van der Waals surface area contributed by atoms with E-state index in [0.717, 1.165) is 23.5 Å². The van der Waals surface area contributed by atoms with Crippen LogP contribution in [0.5, 0.6) is 0 Å². The van der Waals surface area contributed by atoms with Crippen molar-refractivity contribution in [3.63, 3.8) is 0 Å². The van der Waals surface area contributed by atoms with Crippen molar-refractivity contribution in [2.24, 2.45) is 0 Å². The van der Waals surface area contributed by atoms with E-state index in [0.29, 0.717) is 13.0 Å². The Labute approximate surface area is 112 Å². The van der Waals surface area contributed by atoms with Crippen molar-refractivity contribution < 1.29 is 14.1 Å². The standard InChI is InChI=1S/C11H12BrFN2O3/c1-14(6-2-5-12)11(16)9-7-8(13)3-4-10(9)15(17)18/h3-4,7H,2,5-6H2,1H3. The van der Waals surface area contributed by atoms with E-state index in [1.807, 2.05) is 0 Å². The summed E-state index contributed by atoms with van der Waals surface area (Å²) in [6, 6.07) is 2.86. The highest BCUT2D eigenvalue weighted by Gasteiger charge is 2.23. The highest BCUT2D eigenvalue weighted by atomic mass is 79.9. The number of rotatable bonds is 5. The number of nitro benzene ring substituents is 1. The lowest BCUT2D eigenvalue weighted by Gasteiger charge is -2.16. The van der Waals surface area contributed by atoms with Gasteiger partial charge in [-0.15, -0.1) is 0 Å². The summed E-state index contributed by atoms with van der Waals surface area (Å²) in [5.74, 6) is -1.22. The normalized spacial score (nSPS) is 10.2. The van der Waals surface area contributed by atoms with Crippen LogP contribution in [0.2, 0.25) is 0 Å². The highest BCUT2D eigenvalue weighted by molar-refractivity contribution is 9.09. The van der Waals surface area contributed by atoms with Gasteiger partial charge in [0, 0.05) is 25.0 Å². The summed E-state index contributed by atoms with van der Waals surface area (Å²) in [4.78, 5) is 23.4. The minimum absolute atomic E-state index is 0.225. The van der Waals surface area contributed by atoms with Crippen molar-refractivity contribution in [2.45, 2.75) is 6.42 Å². The van der Waals surface area contributed by atoms with Gasteiger partial charge in [0.25, 0.3) is 11.6 Å². The maximum atomic E-state index is 13.1. The molecule has 0 radical (unpaired) electrons. The Morgan fingerprint density at radius 1 is 1.56 bits per heavy atom. The van der Waals surface area contributed by atoms with Crippen molar-refractivity contribution in [2.75, 3.05) is 18.9 Å². The lowest BCUT2D eigenvalue weighted by Crippen LogP contribution is -2.28. The summed E-state index contributed by atoms with van der Waals surface area (Å²) in [5.41, 5.74) is -0.607. The number of nitrogens with zero attached hydrogens (tertiary/aromatic N) is 2. The molecular weight excluding hydrogens is 307 g/mol. The second kappa shape index (κ2) is 6.44. The second-order valence-electron chi connectivity index (χ2n) is 3.69. The van der Waals surface area contributed by atoms with E-state index < -0.39 is 16.6 Å². The molecule has 0 aliphatic heterocycles. The van der Waals surface area contributed by atoms with Crippen molar-refractivity contribution in [3.05, 3.63) is 39.7 Å². The Bertz CT molecular complexity index is 468. The molecule has 1 amide bonds. The number of hydrogen-bond donors (Lipinski definition) is 0. The molecule has 0 spiro atoms. The van der Waals surface area contributed by atoms with Crippen molar-refractivity contribution >= 4 is 27.5 Å². The molecule has 0 N–H and O–H groups in total. The van der Waals surface area contributed by atoms with Crippen molar-refractivity contribution in [3.8, 4) is 0 Å². The van der Waals surface area contributed by atoms with Crippen LogP contribution in [0.4, 0.5) is 10.1 Å². The molecule has 0 saturated carbocycles. The van der Waals surface area contributed by atoms with Crippen LogP contribution in [-0.2, 0) is 0 Å². The van der Waals surface area contributed by atoms with E-state index in [1.54, 1.807) is 0 Å². The maximum absolute atomic E-state index is 13.1. The van der Waals surface area contributed by atoms with Gasteiger partial charge in [0.1, 0.15) is 11.4 Å². The number of amides is 1. The maximum Gasteiger partial charge on any atom is 0.282 e. The number of alkyl halides is 1. The fraction of sp³-hybridized carbons (Fsp3) is 0.364. The Balaban J connectivity index is 3.03. The third kappa shape index (κ3) is 3.49. The first-order valence-corrected chi connectivity index (χ1v) is 6.35. The van der Waals surface area contributed by atoms with E-state index >= 15 is 0 Å². The molecule has 0 aliphatic carbocycles. The van der Waals surface area contributed by atoms with E-state index in [4.69, 9.17) is 0 Å². The van der Waals surface area contributed by atoms with Gasteiger partial charge in [0.05, 0.1) is 4.92 Å². The first kappa shape index (κ1) is 14.6. The minimum Gasteiger partial charge on any atom is -0.341 e. The minimum atomic E-state index is -0.689. The molecule has 98 valence electrons. The van der Waals surface area contributed by atoms with Gasteiger partial charge in [0.15, 0.2) is 0 Å². The number of benzene rings is 1. The molecule has 7 heteroatoms. The van der Waals surface area contributed by atoms with Crippen LogP contribution in [0.1, 0.15) is 16.8 Å². The van der Waals surface area contributed by atoms with Crippen LogP contribution in [0.15, 0.2) is 18.2 Å². The molecule has 0 saturated heterocycles. The van der Waals surface area contributed by atoms with E-state index in [1.165, 1.54) is 11.9 Å². The Morgan fingerprint density at radius 3 is 2.78 bits per heavy atom. The molecular formula is C11H12BrFN2O3. The monoisotopic (exact) mass is 318 g/mol. The topological polar surface area (TPSA) is 63.5 Å². The van der Waals surface area contributed by atoms with Crippen LogP contribution in [0, 0.1) is 15.9 Å². The van der Waals surface area contributed by atoms with Gasteiger partial charge in [-0.25, -0.2) is 4.39 Å². The summed E-state index contributed by atoms with van der Waals surface area (Å²) in [6.45, 7) is 0.442. The summed E-state index contributed by atoms with van der Waals surface area (Å²) in [6.07, 6.45) is 0.714. The van der Waals surface area contributed by atoms with Gasteiger partial charge in [-0.3, -0.25) is 14.9 Å². The largest absolute Gasteiger partial charge is 0.341 e. The second-order valence-corrected chi connectivity index (χ2v) is 4.48. The highest BCUT2D eigenvalue weighted by Crippen LogP contribution is 2.21. The molecule has 1 aromatic rings. The zero-order valence-electron chi connectivity index (χ0n) is 9.73. The van der Waals surface area contributed by atoms with Gasteiger partial charge in [-0.2, -0.15) is 0 Å². The molecule has 1 rings (SSSR count). The molecule has 0 aromatic heterocycles. The molecule has 0 bridgehead atoms. The van der Waals surface area contributed by atoms with Gasteiger partial charge >= 0.3 is 0 Å². The van der Waals surface area contributed by atoms with Crippen LogP contribution >= 0.6 is 15.9 Å². The zero-order valence-corrected chi connectivity index (χ0v) is 11.3. The van der Waals surface area contributed by atoms with Gasteiger partial charge in [-0.05, 0) is 18.6 Å². The number of hydrogen-bond acceptors (Lipinski definition) is 3. The van der Waals surface area contributed by atoms with Gasteiger partial charge < -0.3 is 4.90 Å². The predicted octanol–water partition coefficient (Wildman–Crippen LogP) is 2.59. The number of halogens is 2. The van der Waals surface area contributed by atoms with Crippen molar-refractivity contribution in [1.29, 1.82) is 0 Å². The fourth-order valence-corrected chi connectivity index (χ4v) is 1.69. The first-order valence-electron chi connectivity index (χ1n) is 5.22. The third-order valence-electron chi connectivity index (χ3n) is 2.36. The fourth-order valence-electron chi connectivity index (χ4n) is 1.44. The summed E-state index contributed by atoms with van der Waals surface area (Å²) < 4.78 is 13.1. The van der Waals surface area contributed by atoms with E-state index in [9.17, 15) is 19.3 Å². The molecule has 1 aromatic carbocycles. The number of carbonyl (C=O) groups excluding carboxylic acids is 1. The smallest absolute Gasteiger partial charge is 0.282 e. The Morgan fingerprint density at radius 2 is 2.22 bits per heavy atom. The lowest BCUT2D eigenvalue weighted by molar-refractivity contribution is -0.385. The SMILES string of the molecule is CN(CCCBr)C(=O)c1cc(F)ccc1[N+](=O)[O-]. The molecule has 18 heavy (non-hydrogen) atoms. The number of nitro groups is 1. The van der Waals surface area contributed by atoms with Crippen LogP contribution in [0.3, 0.4) is 0 Å². The lowest BCUT2D eigenvalue weighted by atomic mass is 10.1. The molecule has 0 fully saturated rings. The summed E-state index contributed by atoms with van der Waals surface area (Å²) in [7, 11) is 1.53. The molecule has 0 heterocycles. The van der Waals surface area contributed by atoms with Gasteiger partial charge in [-0.1, -0.05) is 15.9 Å². The molecule has 0 aliphatic rings. The zero-order chi connectivity index (χ0) is 13.7. The average Bonchev–Trinajstić information content (AvgIpc) is 2.34. The van der Waals surface area contributed by atoms with Crippen LogP contribution in [-0.4, -0.2) is 34.7 Å². The Kier molecular flexibility index (Phi) is 5.21. The van der Waals surface area contributed by atoms with E-state index in [-0.39, 0.29) is 11.3 Å².